The highest BCUT2D eigenvalue weighted by molar-refractivity contribution is 7.90. The average Bonchev–Trinajstić information content (AvgIpc) is 2.10. The van der Waals surface area contributed by atoms with Gasteiger partial charge in [0.25, 0.3) is 0 Å². The first-order valence-electron chi connectivity index (χ1n) is 4.62. The van der Waals surface area contributed by atoms with Gasteiger partial charge in [-0.2, -0.15) is 43.2 Å². The maximum Gasteiger partial charge on any atom is 0.522 e. The highest BCUT2D eigenvalue weighted by Crippen LogP contribution is 2.33. The van der Waals surface area contributed by atoms with Gasteiger partial charge in [0.2, 0.25) is 0 Å². The lowest BCUT2D eigenvalue weighted by Crippen LogP contribution is -2.47. The molecule has 0 aliphatic carbocycles. The van der Waals surface area contributed by atoms with Crippen LogP contribution in [0.3, 0.4) is 0 Å². The molecule has 0 saturated carbocycles. The van der Waals surface area contributed by atoms with Crippen molar-refractivity contribution in [3.05, 3.63) is 12.7 Å². The zero-order chi connectivity index (χ0) is 17.3. The van der Waals surface area contributed by atoms with Crippen molar-refractivity contribution in [2.75, 3.05) is 0 Å². The number of hydrogen-bond donors (Lipinski definition) is 0. The molecule has 15 heteroatoms. The molecule has 0 aliphatic heterocycles. The zero-order valence-electron chi connectivity index (χ0n) is 10.0. The summed E-state index contributed by atoms with van der Waals surface area (Å²) < 4.78 is 123. The van der Waals surface area contributed by atoms with Gasteiger partial charge in [-0.1, -0.05) is 6.08 Å². The van der Waals surface area contributed by atoms with E-state index in [9.17, 15) is 43.2 Å². The van der Waals surface area contributed by atoms with Crippen LogP contribution in [-0.4, -0.2) is 36.4 Å². The van der Waals surface area contributed by atoms with Gasteiger partial charge >= 0.3 is 39.8 Å². The second kappa shape index (κ2) is 5.86. The average molecular weight is 382 g/mol. The molecule has 0 rings (SSSR count). The molecule has 0 fully saturated rings. The molecule has 0 heterocycles. The summed E-state index contributed by atoms with van der Waals surface area (Å²) in [5.74, 6) is 0. The van der Waals surface area contributed by atoms with Gasteiger partial charge in [-0.15, -0.1) is 6.58 Å². The summed E-state index contributed by atoms with van der Waals surface area (Å²) in [7, 11) is -17.7. The summed E-state index contributed by atoms with van der Waals surface area (Å²) >= 11 is 0. The Balaban J connectivity index is 5.65. The Morgan fingerprint density at radius 3 is 1.43 bits per heavy atom. The van der Waals surface area contributed by atoms with E-state index in [1.165, 1.54) is 0 Å². The van der Waals surface area contributed by atoms with Gasteiger partial charge < -0.3 is 0 Å². The minimum atomic E-state index is -6.34. The summed E-state index contributed by atoms with van der Waals surface area (Å²) in [4.78, 5) is 0. The standard InChI is InChI=1S/C6H8F6O6S2Si/c1-3-4-21(2,17-19(13,14)5(7,8)9)18-20(15,16)6(10,11)12/h3H,1,4H2,2H3. The molecule has 0 radical (unpaired) electrons. The first-order valence-corrected chi connectivity index (χ1v) is 9.96. The fraction of sp³-hybridized carbons (Fsp3) is 0.667. The van der Waals surface area contributed by atoms with Gasteiger partial charge in [-0.05, 0) is 6.55 Å². The molecule has 0 amide bonds. The summed E-state index contributed by atoms with van der Waals surface area (Å²) in [5, 5.41) is 0. The van der Waals surface area contributed by atoms with Crippen molar-refractivity contribution in [3.63, 3.8) is 0 Å². The van der Waals surface area contributed by atoms with Crippen molar-refractivity contribution >= 4 is 28.8 Å². The summed E-state index contributed by atoms with van der Waals surface area (Å²) in [6.45, 7) is 3.36. The van der Waals surface area contributed by atoms with E-state index in [1.807, 2.05) is 0 Å². The van der Waals surface area contributed by atoms with Gasteiger partial charge in [-0.3, -0.25) is 7.74 Å². The van der Waals surface area contributed by atoms with E-state index in [0.29, 0.717) is 12.6 Å². The third kappa shape index (κ3) is 5.24. The lowest BCUT2D eigenvalue weighted by atomic mass is 10.8. The molecule has 0 aromatic carbocycles. The van der Waals surface area contributed by atoms with Crippen molar-refractivity contribution < 1.29 is 50.9 Å². The molecule has 0 saturated heterocycles. The highest BCUT2D eigenvalue weighted by atomic mass is 32.2. The van der Waals surface area contributed by atoms with Crippen LogP contribution in [0.25, 0.3) is 0 Å². The number of hydrogen-bond acceptors (Lipinski definition) is 6. The molecule has 0 bridgehead atoms. The first-order chi connectivity index (χ1) is 8.97. The lowest BCUT2D eigenvalue weighted by molar-refractivity contribution is -0.0531. The van der Waals surface area contributed by atoms with E-state index in [1.54, 1.807) is 0 Å². The number of allylic oxidation sites excluding steroid dienone is 1. The third-order valence-electron chi connectivity index (χ3n) is 1.65. The predicted octanol–water partition coefficient (Wildman–Crippen LogP) is 1.98. The van der Waals surface area contributed by atoms with Gasteiger partial charge in [0.15, 0.2) is 0 Å². The molecule has 0 atom stereocenters. The van der Waals surface area contributed by atoms with Crippen LogP contribution in [0.1, 0.15) is 0 Å². The van der Waals surface area contributed by atoms with Crippen LogP contribution in [0.15, 0.2) is 12.7 Å². The van der Waals surface area contributed by atoms with Crippen LogP contribution < -0.4 is 0 Å². The molecule has 0 N–H and O–H groups in total. The Morgan fingerprint density at radius 1 is 0.952 bits per heavy atom. The van der Waals surface area contributed by atoms with Crippen molar-refractivity contribution in [2.45, 2.75) is 23.6 Å². The predicted molar refractivity (Wildman–Crippen MR) is 58.7 cm³/mol. The molecule has 126 valence electrons. The van der Waals surface area contributed by atoms with Crippen LogP contribution in [0.4, 0.5) is 26.3 Å². The first kappa shape index (κ1) is 20.4. The Kier molecular flexibility index (Phi) is 5.68. The number of rotatable bonds is 6. The molecule has 6 nitrogen and oxygen atoms in total. The van der Waals surface area contributed by atoms with Crippen molar-refractivity contribution in [1.82, 2.24) is 0 Å². The smallest absolute Gasteiger partial charge is 0.276 e. The zero-order valence-corrected chi connectivity index (χ0v) is 12.7. The topological polar surface area (TPSA) is 86.7 Å². The molecule has 21 heavy (non-hydrogen) atoms. The SMILES string of the molecule is C=CC[Si](C)(OS(=O)(=O)C(F)(F)F)OS(=O)(=O)C(F)(F)F. The maximum absolute atomic E-state index is 12.1. The molecular weight excluding hydrogens is 374 g/mol. The van der Waals surface area contributed by atoms with E-state index in [-0.39, 0.29) is 0 Å². The Bertz CT molecular complexity index is 544. The fourth-order valence-corrected chi connectivity index (χ4v) is 6.80. The second-order valence-corrected chi connectivity index (χ2v) is 10.3. The van der Waals surface area contributed by atoms with Crippen LogP contribution in [0.2, 0.25) is 12.6 Å². The Labute approximate surface area is 116 Å². The molecule has 0 aromatic rings. The van der Waals surface area contributed by atoms with Crippen molar-refractivity contribution in [3.8, 4) is 0 Å². The minimum Gasteiger partial charge on any atom is -0.276 e. The molecule has 0 unspecified atom stereocenters. The molecular formula is C6H8F6O6S2Si. The van der Waals surface area contributed by atoms with Crippen LogP contribution in [0, 0.1) is 0 Å². The van der Waals surface area contributed by atoms with E-state index >= 15 is 0 Å². The van der Waals surface area contributed by atoms with Gasteiger partial charge in [0.05, 0.1) is 0 Å². The van der Waals surface area contributed by atoms with Crippen LogP contribution >= 0.6 is 0 Å². The van der Waals surface area contributed by atoms with E-state index in [4.69, 9.17) is 0 Å². The molecule has 0 spiro atoms. The summed E-state index contributed by atoms with van der Waals surface area (Å²) in [5.41, 5.74) is -11.9. The second-order valence-electron chi connectivity index (χ2n) is 3.59. The third-order valence-corrected chi connectivity index (χ3v) is 8.39. The normalized spacial score (nSPS) is 15.0. The van der Waals surface area contributed by atoms with Crippen molar-refractivity contribution in [2.24, 2.45) is 0 Å². The summed E-state index contributed by atoms with van der Waals surface area (Å²) in [6, 6.07) is -0.961. The van der Waals surface area contributed by atoms with Gasteiger partial charge in [-0.25, -0.2) is 0 Å². The maximum atomic E-state index is 12.1. The molecule has 0 aliphatic rings. The quantitative estimate of drug-likeness (QED) is 0.302. The van der Waals surface area contributed by atoms with Crippen LogP contribution in [0.5, 0.6) is 0 Å². The van der Waals surface area contributed by atoms with Gasteiger partial charge in [0.1, 0.15) is 0 Å². The fourth-order valence-electron chi connectivity index (χ4n) is 0.903. The Hall–Kier alpha value is -0.643. The van der Waals surface area contributed by atoms with E-state index in [2.05, 4.69) is 14.3 Å². The largest absolute Gasteiger partial charge is 0.522 e. The van der Waals surface area contributed by atoms with Crippen molar-refractivity contribution in [1.29, 1.82) is 0 Å². The molecule has 0 aromatic heterocycles. The van der Waals surface area contributed by atoms with E-state index in [0.717, 1.165) is 0 Å². The van der Waals surface area contributed by atoms with Crippen LogP contribution in [-0.2, 0) is 28.0 Å². The monoisotopic (exact) mass is 382 g/mol. The highest BCUT2D eigenvalue weighted by Gasteiger charge is 2.57. The number of alkyl halides is 6. The Morgan fingerprint density at radius 2 is 1.24 bits per heavy atom. The number of halogens is 6. The minimum absolute atomic E-state index is 0.404. The summed E-state index contributed by atoms with van der Waals surface area (Å²) in [6.07, 6.45) is 0.671. The lowest BCUT2D eigenvalue weighted by Gasteiger charge is -2.25. The van der Waals surface area contributed by atoms with Gasteiger partial charge in [0, 0.05) is 6.04 Å². The van der Waals surface area contributed by atoms with E-state index < -0.39 is 45.9 Å².